The van der Waals surface area contributed by atoms with Gasteiger partial charge in [-0.05, 0) is 18.2 Å². The zero-order valence-corrected chi connectivity index (χ0v) is 16.3. The van der Waals surface area contributed by atoms with E-state index in [1.165, 1.54) is 37.1 Å². The molecule has 0 saturated heterocycles. The minimum absolute atomic E-state index is 0.100. The number of hydrogen-bond acceptors (Lipinski definition) is 6. The number of aryl methyl sites for hydroxylation is 2. The fourth-order valence-electron chi connectivity index (χ4n) is 3.30. The Bertz CT molecular complexity index is 1480. The van der Waals surface area contributed by atoms with Gasteiger partial charge in [0.15, 0.2) is 0 Å². The number of para-hydroxylation sites is 1. The minimum atomic E-state index is -0.486. The van der Waals surface area contributed by atoms with E-state index in [2.05, 4.69) is 15.4 Å². The third kappa shape index (κ3) is 3.28. The second-order valence-corrected chi connectivity index (χ2v) is 6.85. The van der Waals surface area contributed by atoms with E-state index in [9.17, 15) is 19.2 Å². The second-order valence-electron chi connectivity index (χ2n) is 6.85. The average molecular weight is 406 g/mol. The second kappa shape index (κ2) is 7.39. The molecule has 0 aliphatic carbocycles. The minimum Gasteiger partial charge on any atom is -0.325 e. The lowest BCUT2D eigenvalue weighted by Crippen LogP contribution is -2.37. The molecule has 0 fully saturated rings. The summed E-state index contributed by atoms with van der Waals surface area (Å²) in [5.41, 5.74) is 0.100. The van der Waals surface area contributed by atoms with Gasteiger partial charge in [-0.15, -0.1) is 0 Å². The first-order valence-electron chi connectivity index (χ1n) is 9.17. The van der Waals surface area contributed by atoms with Gasteiger partial charge >= 0.3 is 5.69 Å². The van der Waals surface area contributed by atoms with Crippen molar-refractivity contribution < 1.29 is 4.79 Å². The lowest BCUT2D eigenvalue weighted by Gasteiger charge is -2.10. The molecule has 30 heavy (non-hydrogen) atoms. The molecule has 0 spiro atoms. The van der Waals surface area contributed by atoms with E-state index >= 15 is 0 Å². The van der Waals surface area contributed by atoms with Crippen molar-refractivity contribution >= 4 is 33.5 Å². The van der Waals surface area contributed by atoms with Crippen molar-refractivity contribution in [2.45, 2.75) is 13.0 Å². The summed E-state index contributed by atoms with van der Waals surface area (Å²) in [5, 5.41) is 7.57. The maximum atomic E-state index is 12.4. The number of hydrogen-bond donors (Lipinski definition) is 1. The summed E-state index contributed by atoms with van der Waals surface area (Å²) in [6, 6.07) is 8.55. The molecule has 1 N–H and O–H groups in total. The Balaban J connectivity index is 1.56. The van der Waals surface area contributed by atoms with Crippen LogP contribution in [-0.2, 0) is 25.4 Å². The van der Waals surface area contributed by atoms with Crippen LogP contribution in [0.5, 0.6) is 0 Å². The SMILES string of the molecule is Cn1c(=O)c2cc(NC(=O)CCn3ncc(=O)c4ccccc43)cnc2n(C)c1=O. The van der Waals surface area contributed by atoms with Gasteiger partial charge in [-0.1, -0.05) is 12.1 Å². The monoisotopic (exact) mass is 406 g/mol. The Labute approximate surface area is 169 Å². The Morgan fingerprint density at radius 2 is 1.80 bits per heavy atom. The van der Waals surface area contributed by atoms with Crippen LogP contribution in [0, 0.1) is 0 Å². The van der Waals surface area contributed by atoms with Crippen LogP contribution >= 0.6 is 0 Å². The van der Waals surface area contributed by atoms with E-state index in [-0.39, 0.29) is 35.3 Å². The lowest BCUT2D eigenvalue weighted by atomic mass is 10.2. The highest BCUT2D eigenvalue weighted by Crippen LogP contribution is 2.13. The van der Waals surface area contributed by atoms with Gasteiger partial charge in [-0.3, -0.25) is 28.2 Å². The quantitative estimate of drug-likeness (QED) is 0.523. The largest absolute Gasteiger partial charge is 0.332 e. The molecule has 152 valence electrons. The average Bonchev–Trinajstić information content (AvgIpc) is 2.76. The molecular weight excluding hydrogens is 388 g/mol. The van der Waals surface area contributed by atoms with Gasteiger partial charge in [-0.2, -0.15) is 5.10 Å². The molecule has 4 rings (SSSR count). The Hall–Kier alpha value is -4.08. The van der Waals surface area contributed by atoms with Crippen molar-refractivity contribution in [3.8, 4) is 0 Å². The third-order valence-corrected chi connectivity index (χ3v) is 4.89. The first-order chi connectivity index (χ1) is 14.4. The first kappa shape index (κ1) is 19.2. The number of carbonyl (C=O) groups is 1. The van der Waals surface area contributed by atoms with Crippen molar-refractivity contribution in [1.29, 1.82) is 0 Å². The molecule has 0 unspecified atom stereocenters. The van der Waals surface area contributed by atoms with E-state index in [1.807, 2.05) is 0 Å². The highest BCUT2D eigenvalue weighted by molar-refractivity contribution is 5.92. The van der Waals surface area contributed by atoms with Crippen LogP contribution in [0.15, 0.2) is 57.1 Å². The lowest BCUT2D eigenvalue weighted by molar-refractivity contribution is -0.116. The Kier molecular flexibility index (Phi) is 4.74. The summed E-state index contributed by atoms with van der Waals surface area (Å²) in [6.07, 6.45) is 2.73. The number of anilines is 1. The predicted molar refractivity (Wildman–Crippen MR) is 111 cm³/mol. The van der Waals surface area contributed by atoms with Crippen LogP contribution in [0.25, 0.3) is 21.9 Å². The molecule has 0 atom stereocenters. The first-order valence-corrected chi connectivity index (χ1v) is 9.17. The van der Waals surface area contributed by atoms with Gasteiger partial charge in [0.2, 0.25) is 11.3 Å². The highest BCUT2D eigenvalue weighted by Gasteiger charge is 2.12. The van der Waals surface area contributed by atoms with E-state index in [0.29, 0.717) is 16.6 Å². The summed E-state index contributed by atoms with van der Waals surface area (Å²) in [7, 11) is 2.91. The summed E-state index contributed by atoms with van der Waals surface area (Å²) < 4.78 is 3.86. The van der Waals surface area contributed by atoms with Crippen molar-refractivity contribution in [2.24, 2.45) is 14.1 Å². The molecule has 3 aromatic heterocycles. The Morgan fingerprint density at radius 3 is 2.60 bits per heavy atom. The zero-order valence-electron chi connectivity index (χ0n) is 16.3. The van der Waals surface area contributed by atoms with Crippen LogP contribution in [-0.4, -0.2) is 29.8 Å². The van der Waals surface area contributed by atoms with E-state index in [1.54, 1.807) is 28.9 Å². The molecule has 1 aromatic carbocycles. The van der Waals surface area contributed by atoms with Gasteiger partial charge < -0.3 is 5.32 Å². The summed E-state index contributed by atoms with van der Waals surface area (Å²) in [6.45, 7) is 0.268. The van der Waals surface area contributed by atoms with Gasteiger partial charge in [0, 0.05) is 25.9 Å². The molecule has 0 aliphatic heterocycles. The molecule has 0 aliphatic rings. The van der Waals surface area contributed by atoms with Crippen LogP contribution < -0.4 is 22.0 Å². The number of pyridine rings is 1. The number of aromatic nitrogens is 5. The van der Waals surface area contributed by atoms with Crippen molar-refractivity contribution in [1.82, 2.24) is 23.9 Å². The summed E-state index contributed by atoms with van der Waals surface area (Å²) >= 11 is 0. The highest BCUT2D eigenvalue weighted by atomic mass is 16.2. The molecule has 10 heteroatoms. The smallest absolute Gasteiger partial charge is 0.325 e. The molecule has 0 radical (unpaired) electrons. The molecule has 0 saturated carbocycles. The molecule has 3 heterocycles. The number of carbonyl (C=O) groups excluding carboxylic acids is 1. The fourth-order valence-corrected chi connectivity index (χ4v) is 3.30. The van der Waals surface area contributed by atoms with Crippen molar-refractivity contribution in [2.75, 3.05) is 5.32 Å². The molecule has 10 nitrogen and oxygen atoms in total. The van der Waals surface area contributed by atoms with E-state index in [4.69, 9.17) is 0 Å². The summed E-state index contributed by atoms with van der Waals surface area (Å²) in [4.78, 5) is 52.8. The predicted octanol–water partition coefficient (Wildman–Crippen LogP) is 0.371. The van der Waals surface area contributed by atoms with Crippen molar-refractivity contribution in [3.05, 3.63) is 73.8 Å². The maximum absolute atomic E-state index is 12.4. The topological polar surface area (TPSA) is 121 Å². The number of rotatable bonds is 4. The van der Waals surface area contributed by atoms with Gasteiger partial charge in [0.05, 0.1) is 35.5 Å². The molecule has 1 amide bonds. The fraction of sp³-hybridized carbons (Fsp3) is 0.200. The normalized spacial score (nSPS) is 11.1. The third-order valence-electron chi connectivity index (χ3n) is 4.89. The Morgan fingerprint density at radius 1 is 1.03 bits per heavy atom. The van der Waals surface area contributed by atoms with Crippen LogP contribution in [0.4, 0.5) is 5.69 Å². The standard InChI is InChI=1S/C20H18N6O4/c1-24-18-14(19(29)25(2)20(24)30)9-12(10-21-18)23-17(28)7-8-26-15-6-4-3-5-13(15)16(27)11-22-26/h3-6,9-11H,7-8H2,1-2H3,(H,23,28). The molecule has 4 aromatic rings. The number of fused-ring (bicyclic) bond motifs is 2. The van der Waals surface area contributed by atoms with Gasteiger partial charge in [-0.25, -0.2) is 9.78 Å². The van der Waals surface area contributed by atoms with Gasteiger partial charge in [0.25, 0.3) is 5.56 Å². The van der Waals surface area contributed by atoms with E-state index in [0.717, 1.165) is 4.57 Å². The number of benzene rings is 1. The van der Waals surface area contributed by atoms with Gasteiger partial charge in [0.1, 0.15) is 5.65 Å². The number of nitrogens with zero attached hydrogens (tertiary/aromatic N) is 5. The molecule has 0 bridgehead atoms. The van der Waals surface area contributed by atoms with Crippen LogP contribution in [0.1, 0.15) is 6.42 Å². The maximum Gasteiger partial charge on any atom is 0.332 e. The number of amides is 1. The zero-order chi connectivity index (χ0) is 21.4. The molecular formula is C20H18N6O4. The van der Waals surface area contributed by atoms with Crippen LogP contribution in [0.3, 0.4) is 0 Å². The number of nitrogens with one attached hydrogen (secondary N) is 1. The van der Waals surface area contributed by atoms with Crippen LogP contribution in [0.2, 0.25) is 0 Å². The van der Waals surface area contributed by atoms with Crippen molar-refractivity contribution in [3.63, 3.8) is 0 Å². The van der Waals surface area contributed by atoms with E-state index < -0.39 is 11.2 Å². The summed E-state index contributed by atoms with van der Waals surface area (Å²) in [5.74, 6) is -0.303.